The Hall–Kier alpha value is -2.31. The number of nitrogens with one attached hydrogen (secondary N) is 1. The lowest BCUT2D eigenvalue weighted by molar-refractivity contribution is -0.137. The Labute approximate surface area is 120 Å². The molecule has 0 unspecified atom stereocenters. The van der Waals surface area contributed by atoms with Crippen LogP contribution in [0.1, 0.15) is 11.3 Å². The fraction of sp³-hybridized carbons (Fsp3) is 0.286. The van der Waals surface area contributed by atoms with E-state index in [4.69, 9.17) is 4.74 Å². The number of nitrogens with zero attached hydrogens (tertiary/aromatic N) is 2. The van der Waals surface area contributed by atoms with Gasteiger partial charge in [0.1, 0.15) is 24.5 Å². The normalized spacial score (nSPS) is 11.2. The van der Waals surface area contributed by atoms with E-state index in [0.717, 1.165) is 17.8 Å². The molecule has 2 aromatic rings. The third kappa shape index (κ3) is 4.62. The van der Waals surface area contributed by atoms with Gasteiger partial charge in [-0.25, -0.2) is 9.97 Å². The van der Waals surface area contributed by atoms with Crippen molar-refractivity contribution in [3.63, 3.8) is 0 Å². The Morgan fingerprint density at radius 1 is 1.19 bits per heavy atom. The summed E-state index contributed by atoms with van der Waals surface area (Å²) in [5, 5.41) is 3.00. The maximum atomic E-state index is 12.5. The average molecular weight is 297 g/mol. The zero-order valence-corrected chi connectivity index (χ0v) is 11.3. The lowest BCUT2D eigenvalue weighted by Crippen LogP contribution is -2.13. The molecule has 0 aliphatic heterocycles. The van der Waals surface area contributed by atoms with Crippen LogP contribution in [-0.2, 0) is 6.18 Å². The molecule has 0 aliphatic rings. The van der Waals surface area contributed by atoms with E-state index in [1.165, 1.54) is 18.5 Å². The van der Waals surface area contributed by atoms with Crippen molar-refractivity contribution < 1.29 is 17.9 Å². The summed E-state index contributed by atoms with van der Waals surface area (Å²) in [5.74, 6) is 0.834. The number of benzene rings is 1. The van der Waals surface area contributed by atoms with E-state index in [9.17, 15) is 13.2 Å². The maximum Gasteiger partial charge on any atom is 0.416 e. The SMILES string of the molecule is Cc1cc(NCCOc2cccc(C(F)(F)F)c2)ncn1. The molecule has 0 saturated carbocycles. The van der Waals surface area contributed by atoms with E-state index in [1.807, 2.05) is 6.92 Å². The Bertz CT molecular complexity index is 602. The zero-order chi connectivity index (χ0) is 15.3. The first-order valence-corrected chi connectivity index (χ1v) is 6.28. The van der Waals surface area contributed by atoms with Crippen molar-refractivity contribution in [2.75, 3.05) is 18.5 Å². The summed E-state index contributed by atoms with van der Waals surface area (Å²) in [6.45, 7) is 2.49. The van der Waals surface area contributed by atoms with Gasteiger partial charge in [-0.05, 0) is 25.1 Å². The van der Waals surface area contributed by atoms with Gasteiger partial charge in [0.25, 0.3) is 0 Å². The predicted molar refractivity (Wildman–Crippen MR) is 72.2 cm³/mol. The fourth-order valence-corrected chi connectivity index (χ4v) is 1.66. The van der Waals surface area contributed by atoms with Gasteiger partial charge in [-0.2, -0.15) is 13.2 Å². The topological polar surface area (TPSA) is 47.0 Å². The molecule has 0 fully saturated rings. The fourth-order valence-electron chi connectivity index (χ4n) is 1.66. The van der Waals surface area contributed by atoms with Gasteiger partial charge in [0.2, 0.25) is 0 Å². The molecule has 112 valence electrons. The molecule has 21 heavy (non-hydrogen) atoms. The Morgan fingerprint density at radius 2 is 2.00 bits per heavy atom. The highest BCUT2D eigenvalue weighted by atomic mass is 19.4. The van der Waals surface area contributed by atoms with Gasteiger partial charge >= 0.3 is 6.18 Å². The molecule has 0 aliphatic carbocycles. The highest BCUT2D eigenvalue weighted by Gasteiger charge is 2.30. The van der Waals surface area contributed by atoms with E-state index in [1.54, 1.807) is 6.07 Å². The lowest BCUT2D eigenvalue weighted by atomic mass is 10.2. The van der Waals surface area contributed by atoms with Gasteiger partial charge in [0.15, 0.2) is 0 Å². The first-order valence-electron chi connectivity index (χ1n) is 6.28. The molecule has 2 rings (SSSR count). The third-order valence-corrected chi connectivity index (χ3v) is 2.64. The number of alkyl halides is 3. The number of hydrogen-bond acceptors (Lipinski definition) is 4. The van der Waals surface area contributed by atoms with Crippen LogP contribution >= 0.6 is 0 Å². The molecule has 1 N–H and O–H groups in total. The molecule has 0 radical (unpaired) electrons. The van der Waals surface area contributed by atoms with Crippen LogP contribution in [0, 0.1) is 6.92 Å². The number of aromatic nitrogens is 2. The minimum absolute atomic E-state index is 0.186. The first kappa shape index (κ1) is 15.1. The second kappa shape index (κ2) is 6.43. The summed E-state index contributed by atoms with van der Waals surface area (Å²) in [4.78, 5) is 7.96. The lowest BCUT2D eigenvalue weighted by Gasteiger charge is -2.11. The van der Waals surface area contributed by atoms with E-state index < -0.39 is 11.7 Å². The Morgan fingerprint density at radius 3 is 2.71 bits per heavy atom. The van der Waals surface area contributed by atoms with Crippen molar-refractivity contribution in [1.82, 2.24) is 9.97 Å². The summed E-state index contributed by atoms with van der Waals surface area (Å²) in [5.41, 5.74) is 0.102. The monoisotopic (exact) mass is 297 g/mol. The minimum Gasteiger partial charge on any atom is -0.492 e. The van der Waals surface area contributed by atoms with Gasteiger partial charge in [-0.15, -0.1) is 0 Å². The van der Waals surface area contributed by atoms with Crippen LogP contribution in [0.2, 0.25) is 0 Å². The predicted octanol–water partition coefficient (Wildman–Crippen LogP) is 3.29. The standard InChI is InChI=1S/C14H14F3N3O/c1-10-7-13(20-9-19-10)18-5-6-21-12-4-2-3-11(8-12)14(15,16)17/h2-4,7-9H,5-6H2,1H3,(H,18,19,20). The molecular formula is C14H14F3N3O. The largest absolute Gasteiger partial charge is 0.492 e. The smallest absolute Gasteiger partial charge is 0.416 e. The van der Waals surface area contributed by atoms with E-state index >= 15 is 0 Å². The molecule has 0 bridgehead atoms. The molecule has 0 spiro atoms. The first-order chi connectivity index (χ1) is 9.95. The van der Waals surface area contributed by atoms with Crippen LogP contribution in [0.4, 0.5) is 19.0 Å². The van der Waals surface area contributed by atoms with Crippen molar-refractivity contribution >= 4 is 5.82 Å². The third-order valence-electron chi connectivity index (χ3n) is 2.64. The molecule has 0 saturated heterocycles. The highest BCUT2D eigenvalue weighted by Crippen LogP contribution is 2.31. The molecule has 1 aromatic heterocycles. The van der Waals surface area contributed by atoms with Gasteiger partial charge in [0, 0.05) is 11.8 Å². The van der Waals surface area contributed by atoms with Crippen LogP contribution < -0.4 is 10.1 Å². The molecule has 1 heterocycles. The molecule has 4 nitrogen and oxygen atoms in total. The maximum absolute atomic E-state index is 12.5. The quantitative estimate of drug-likeness (QED) is 0.860. The van der Waals surface area contributed by atoms with Crippen LogP contribution in [0.25, 0.3) is 0 Å². The number of halogens is 3. The molecule has 0 atom stereocenters. The molecular weight excluding hydrogens is 283 g/mol. The Kier molecular flexibility index (Phi) is 4.62. The van der Waals surface area contributed by atoms with Gasteiger partial charge in [0.05, 0.1) is 12.1 Å². The van der Waals surface area contributed by atoms with Gasteiger partial charge < -0.3 is 10.1 Å². The number of aryl methyl sites for hydroxylation is 1. The number of ether oxygens (including phenoxy) is 1. The zero-order valence-electron chi connectivity index (χ0n) is 11.3. The summed E-state index contributed by atoms with van der Waals surface area (Å²) in [6.07, 6.45) is -2.93. The molecule has 1 aromatic carbocycles. The summed E-state index contributed by atoms with van der Waals surface area (Å²) >= 11 is 0. The van der Waals surface area contributed by atoms with Crippen LogP contribution in [0.5, 0.6) is 5.75 Å². The number of hydrogen-bond donors (Lipinski definition) is 1. The summed E-state index contributed by atoms with van der Waals surface area (Å²) in [6, 6.07) is 6.57. The highest BCUT2D eigenvalue weighted by molar-refractivity contribution is 5.34. The van der Waals surface area contributed by atoms with Crippen molar-refractivity contribution in [2.45, 2.75) is 13.1 Å². The van der Waals surface area contributed by atoms with Gasteiger partial charge in [-0.3, -0.25) is 0 Å². The van der Waals surface area contributed by atoms with E-state index in [-0.39, 0.29) is 12.4 Å². The van der Waals surface area contributed by atoms with Crippen LogP contribution in [0.3, 0.4) is 0 Å². The van der Waals surface area contributed by atoms with Crippen molar-refractivity contribution in [1.29, 1.82) is 0 Å². The van der Waals surface area contributed by atoms with Crippen molar-refractivity contribution in [2.24, 2.45) is 0 Å². The molecule has 0 amide bonds. The van der Waals surface area contributed by atoms with E-state index in [2.05, 4.69) is 15.3 Å². The van der Waals surface area contributed by atoms with E-state index in [0.29, 0.717) is 12.4 Å². The van der Waals surface area contributed by atoms with Gasteiger partial charge in [-0.1, -0.05) is 6.07 Å². The summed E-state index contributed by atoms with van der Waals surface area (Å²) in [7, 11) is 0. The second-order valence-electron chi connectivity index (χ2n) is 4.35. The Balaban J connectivity index is 1.84. The van der Waals surface area contributed by atoms with Crippen LogP contribution in [0.15, 0.2) is 36.7 Å². The average Bonchev–Trinajstić information content (AvgIpc) is 2.43. The second-order valence-corrected chi connectivity index (χ2v) is 4.35. The van der Waals surface area contributed by atoms with Crippen molar-refractivity contribution in [3.8, 4) is 5.75 Å². The number of rotatable bonds is 5. The van der Waals surface area contributed by atoms with Crippen molar-refractivity contribution in [3.05, 3.63) is 47.9 Å². The minimum atomic E-state index is -4.36. The van der Waals surface area contributed by atoms with Crippen LogP contribution in [-0.4, -0.2) is 23.1 Å². The molecule has 7 heteroatoms. The summed E-state index contributed by atoms with van der Waals surface area (Å²) < 4.78 is 42.9. The number of anilines is 1.